The molecule has 0 aliphatic carbocycles. The van der Waals surface area contributed by atoms with Gasteiger partial charge in [-0.05, 0) is 30.5 Å². The maximum absolute atomic E-state index is 4.32. The van der Waals surface area contributed by atoms with Crippen LogP contribution in [0.1, 0.15) is 18.9 Å². The first-order valence-corrected chi connectivity index (χ1v) is 7.84. The second kappa shape index (κ2) is 5.69. The van der Waals surface area contributed by atoms with Crippen LogP contribution in [0.5, 0.6) is 0 Å². The molecule has 0 amide bonds. The predicted molar refractivity (Wildman–Crippen MR) is 78.2 cm³/mol. The maximum atomic E-state index is 4.32. The van der Waals surface area contributed by atoms with E-state index in [2.05, 4.69) is 40.8 Å². The molecular weight excluding hydrogens is 250 g/mol. The van der Waals surface area contributed by atoms with Gasteiger partial charge in [0.15, 0.2) is 0 Å². The zero-order valence-corrected chi connectivity index (χ0v) is 12.0. The molecule has 17 heavy (non-hydrogen) atoms. The molecule has 2 aromatic heterocycles. The van der Waals surface area contributed by atoms with Crippen molar-refractivity contribution < 1.29 is 0 Å². The third kappa shape index (κ3) is 2.90. The van der Waals surface area contributed by atoms with E-state index in [0.717, 1.165) is 24.3 Å². The van der Waals surface area contributed by atoms with Crippen LogP contribution in [-0.4, -0.2) is 28.0 Å². The van der Waals surface area contributed by atoms with E-state index in [-0.39, 0.29) is 0 Å². The molecule has 2 heterocycles. The van der Waals surface area contributed by atoms with Crippen molar-refractivity contribution in [3.8, 4) is 0 Å². The van der Waals surface area contributed by atoms with Crippen LogP contribution in [-0.2, 0) is 0 Å². The first-order valence-electron chi connectivity index (χ1n) is 5.68. The second-order valence-corrected chi connectivity index (χ2v) is 6.24. The van der Waals surface area contributed by atoms with Crippen LogP contribution in [0.25, 0.3) is 10.2 Å². The Hall–Kier alpha value is -0.810. The van der Waals surface area contributed by atoms with Gasteiger partial charge in [0, 0.05) is 11.8 Å². The van der Waals surface area contributed by atoms with Gasteiger partial charge in [0.2, 0.25) is 0 Å². The predicted octanol–water partition coefficient (Wildman–Crippen LogP) is 3.55. The van der Waals surface area contributed by atoms with Crippen molar-refractivity contribution in [1.29, 1.82) is 0 Å². The number of nitrogens with zero attached hydrogens (tertiary/aromatic N) is 2. The Morgan fingerprint density at radius 1 is 1.47 bits per heavy atom. The number of thioether (sulfide) groups is 1. The molecule has 0 saturated carbocycles. The summed E-state index contributed by atoms with van der Waals surface area (Å²) >= 11 is 3.61. The molecule has 5 heteroatoms. The Balaban J connectivity index is 2.08. The quantitative estimate of drug-likeness (QED) is 0.899. The standard InChI is InChI=1S/C12H17N3S2/c1-8-6-17-11-10(8)14-7-15-12(11)13-5-4-9(2)16-3/h6-7,9H,4-5H2,1-3H3,(H,13,14,15). The Kier molecular flexibility index (Phi) is 4.23. The lowest BCUT2D eigenvalue weighted by Crippen LogP contribution is -2.08. The van der Waals surface area contributed by atoms with Gasteiger partial charge in [0.05, 0.1) is 10.2 Å². The van der Waals surface area contributed by atoms with Crippen molar-refractivity contribution in [3.63, 3.8) is 0 Å². The average molecular weight is 267 g/mol. The van der Waals surface area contributed by atoms with Crippen molar-refractivity contribution in [2.24, 2.45) is 0 Å². The van der Waals surface area contributed by atoms with Crippen LogP contribution in [0.2, 0.25) is 0 Å². The molecule has 0 fully saturated rings. The third-order valence-corrected chi connectivity index (χ3v) is 4.91. The zero-order chi connectivity index (χ0) is 12.3. The summed E-state index contributed by atoms with van der Waals surface area (Å²) in [6.45, 7) is 5.30. The number of nitrogens with one attached hydrogen (secondary N) is 1. The number of thiophene rings is 1. The second-order valence-electron chi connectivity index (χ2n) is 4.08. The number of rotatable bonds is 5. The van der Waals surface area contributed by atoms with Crippen molar-refractivity contribution in [2.45, 2.75) is 25.5 Å². The summed E-state index contributed by atoms with van der Waals surface area (Å²) in [7, 11) is 0. The fourth-order valence-corrected chi connectivity index (χ4v) is 2.93. The van der Waals surface area contributed by atoms with Gasteiger partial charge in [-0.3, -0.25) is 0 Å². The number of fused-ring (bicyclic) bond motifs is 1. The van der Waals surface area contributed by atoms with E-state index < -0.39 is 0 Å². The van der Waals surface area contributed by atoms with Gasteiger partial charge < -0.3 is 5.32 Å². The zero-order valence-electron chi connectivity index (χ0n) is 10.4. The van der Waals surface area contributed by atoms with Gasteiger partial charge in [0.25, 0.3) is 0 Å². The molecular formula is C12H17N3S2. The van der Waals surface area contributed by atoms with E-state index in [4.69, 9.17) is 0 Å². The lowest BCUT2D eigenvalue weighted by atomic mass is 10.3. The molecule has 1 unspecified atom stereocenters. The van der Waals surface area contributed by atoms with E-state index in [0.29, 0.717) is 5.25 Å². The number of hydrogen-bond acceptors (Lipinski definition) is 5. The monoisotopic (exact) mass is 267 g/mol. The third-order valence-electron chi connectivity index (χ3n) is 2.78. The number of anilines is 1. The number of hydrogen-bond donors (Lipinski definition) is 1. The molecule has 0 radical (unpaired) electrons. The van der Waals surface area contributed by atoms with Crippen LogP contribution in [0.3, 0.4) is 0 Å². The van der Waals surface area contributed by atoms with E-state index in [1.165, 1.54) is 10.3 Å². The highest BCUT2D eigenvalue weighted by atomic mass is 32.2. The largest absolute Gasteiger partial charge is 0.369 e. The van der Waals surface area contributed by atoms with Crippen LogP contribution in [0, 0.1) is 6.92 Å². The molecule has 0 saturated heterocycles. The molecule has 2 rings (SSSR count). The summed E-state index contributed by atoms with van der Waals surface area (Å²) < 4.78 is 1.17. The fourth-order valence-electron chi connectivity index (χ4n) is 1.61. The molecule has 3 nitrogen and oxygen atoms in total. The molecule has 0 aliphatic heterocycles. The Morgan fingerprint density at radius 2 is 2.29 bits per heavy atom. The number of aryl methyl sites for hydroxylation is 1. The molecule has 1 N–H and O–H groups in total. The van der Waals surface area contributed by atoms with Gasteiger partial charge in [-0.15, -0.1) is 11.3 Å². The first kappa shape index (κ1) is 12.6. The summed E-state index contributed by atoms with van der Waals surface area (Å²) in [4.78, 5) is 8.64. The Bertz CT molecular complexity index is 495. The van der Waals surface area contributed by atoms with E-state index >= 15 is 0 Å². The summed E-state index contributed by atoms with van der Waals surface area (Å²) in [5, 5.41) is 6.23. The Labute approximate surface area is 110 Å². The minimum atomic E-state index is 0.685. The van der Waals surface area contributed by atoms with Crippen LogP contribution < -0.4 is 5.32 Å². The summed E-state index contributed by atoms with van der Waals surface area (Å²) in [5.41, 5.74) is 2.30. The smallest absolute Gasteiger partial charge is 0.147 e. The summed E-state index contributed by atoms with van der Waals surface area (Å²) in [6, 6.07) is 0. The fraction of sp³-hybridized carbons (Fsp3) is 0.500. The SMILES string of the molecule is CSC(C)CCNc1ncnc2c(C)csc12. The van der Waals surface area contributed by atoms with Gasteiger partial charge in [-0.25, -0.2) is 9.97 Å². The highest BCUT2D eigenvalue weighted by molar-refractivity contribution is 7.99. The van der Waals surface area contributed by atoms with Crippen molar-refractivity contribution in [3.05, 3.63) is 17.3 Å². The normalized spacial score (nSPS) is 12.9. The van der Waals surface area contributed by atoms with Crippen molar-refractivity contribution in [1.82, 2.24) is 9.97 Å². The highest BCUT2D eigenvalue weighted by Gasteiger charge is 2.07. The minimum Gasteiger partial charge on any atom is -0.369 e. The molecule has 1 atom stereocenters. The topological polar surface area (TPSA) is 37.8 Å². The summed E-state index contributed by atoms with van der Waals surface area (Å²) in [6.07, 6.45) is 4.94. The van der Waals surface area contributed by atoms with Crippen molar-refractivity contribution >= 4 is 39.1 Å². The molecule has 2 aromatic rings. The highest BCUT2D eigenvalue weighted by Crippen LogP contribution is 2.28. The number of aromatic nitrogens is 2. The lowest BCUT2D eigenvalue weighted by Gasteiger charge is -2.09. The van der Waals surface area contributed by atoms with E-state index in [9.17, 15) is 0 Å². The van der Waals surface area contributed by atoms with E-state index in [1.54, 1.807) is 17.7 Å². The van der Waals surface area contributed by atoms with Crippen LogP contribution >= 0.6 is 23.1 Å². The van der Waals surface area contributed by atoms with Gasteiger partial charge in [-0.2, -0.15) is 11.8 Å². The molecule has 0 aliphatic rings. The Morgan fingerprint density at radius 3 is 3.06 bits per heavy atom. The lowest BCUT2D eigenvalue weighted by molar-refractivity contribution is 0.851. The molecule has 0 spiro atoms. The van der Waals surface area contributed by atoms with E-state index in [1.807, 2.05) is 11.8 Å². The van der Waals surface area contributed by atoms with Gasteiger partial charge in [0.1, 0.15) is 12.1 Å². The molecule has 0 bridgehead atoms. The minimum absolute atomic E-state index is 0.685. The first-order chi connectivity index (χ1) is 8.22. The van der Waals surface area contributed by atoms with Crippen LogP contribution in [0.15, 0.2) is 11.7 Å². The average Bonchev–Trinajstić information content (AvgIpc) is 2.72. The van der Waals surface area contributed by atoms with Gasteiger partial charge >= 0.3 is 0 Å². The van der Waals surface area contributed by atoms with Crippen LogP contribution in [0.4, 0.5) is 5.82 Å². The summed E-state index contributed by atoms with van der Waals surface area (Å²) in [5.74, 6) is 0.974. The van der Waals surface area contributed by atoms with Gasteiger partial charge in [-0.1, -0.05) is 6.92 Å². The van der Waals surface area contributed by atoms with Crippen molar-refractivity contribution in [2.75, 3.05) is 18.1 Å². The molecule has 0 aromatic carbocycles. The molecule has 92 valence electrons. The maximum Gasteiger partial charge on any atom is 0.147 e.